The van der Waals surface area contributed by atoms with Crippen molar-refractivity contribution in [1.82, 2.24) is 0 Å². The van der Waals surface area contributed by atoms with Crippen molar-refractivity contribution in [3.05, 3.63) is 12.1 Å². The van der Waals surface area contributed by atoms with E-state index in [-0.39, 0.29) is 11.7 Å². The van der Waals surface area contributed by atoms with E-state index in [1.54, 1.807) is 40.4 Å². The van der Waals surface area contributed by atoms with Gasteiger partial charge >= 0.3 is 5.97 Å². The summed E-state index contributed by atoms with van der Waals surface area (Å²) in [6, 6.07) is 3.49. The summed E-state index contributed by atoms with van der Waals surface area (Å²) in [4.78, 5) is 12.1. The molecule has 0 amide bonds. The SMILES string of the molecule is CCOC(=O)CSc1c(OC)cc(OC)cc1OC. The molecule has 0 aliphatic rings. The van der Waals surface area contributed by atoms with Crippen molar-refractivity contribution in [3.8, 4) is 17.2 Å². The van der Waals surface area contributed by atoms with E-state index in [1.807, 2.05) is 0 Å². The Kier molecular flexibility index (Phi) is 6.35. The van der Waals surface area contributed by atoms with E-state index in [0.717, 1.165) is 4.90 Å². The molecule has 5 nitrogen and oxygen atoms in total. The summed E-state index contributed by atoms with van der Waals surface area (Å²) in [5.74, 6) is 1.77. The van der Waals surface area contributed by atoms with E-state index in [9.17, 15) is 4.79 Å². The molecule has 1 rings (SSSR count). The molecule has 6 heteroatoms. The van der Waals surface area contributed by atoms with Gasteiger partial charge in [0.25, 0.3) is 0 Å². The first-order valence-electron chi connectivity index (χ1n) is 5.74. The van der Waals surface area contributed by atoms with Gasteiger partial charge in [-0.2, -0.15) is 0 Å². The zero-order valence-electron chi connectivity index (χ0n) is 11.5. The topological polar surface area (TPSA) is 54.0 Å². The van der Waals surface area contributed by atoms with Gasteiger partial charge in [0.15, 0.2) is 0 Å². The van der Waals surface area contributed by atoms with Crippen LogP contribution in [-0.2, 0) is 9.53 Å². The summed E-state index contributed by atoms with van der Waals surface area (Å²) >= 11 is 1.31. The molecule has 1 aromatic rings. The van der Waals surface area contributed by atoms with Gasteiger partial charge in [-0.05, 0) is 6.92 Å². The highest BCUT2D eigenvalue weighted by atomic mass is 32.2. The molecule has 1 aromatic carbocycles. The average Bonchev–Trinajstić information content (AvgIpc) is 2.44. The number of esters is 1. The zero-order valence-corrected chi connectivity index (χ0v) is 12.3. The van der Waals surface area contributed by atoms with Crippen LogP contribution in [0.25, 0.3) is 0 Å². The number of carbonyl (C=O) groups excluding carboxylic acids is 1. The minimum absolute atomic E-state index is 0.201. The van der Waals surface area contributed by atoms with Crippen molar-refractivity contribution in [2.45, 2.75) is 11.8 Å². The van der Waals surface area contributed by atoms with Crippen LogP contribution >= 0.6 is 11.8 Å². The van der Waals surface area contributed by atoms with Gasteiger partial charge in [0.05, 0.1) is 38.6 Å². The summed E-state index contributed by atoms with van der Waals surface area (Å²) in [7, 11) is 4.69. The highest BCUT2D eigenvalue weighted by Crippen LogP contribution is 2.41. The second-order valence-electron chi connectivity index (χ2n) is 3.45. The molecule has 0 bridgehead atoms. The first-order chi connectivity index (χ1) is 9.15. The molecule has 0 unspecified atom stereocenters. The Morgan fingerprint density at radius 3 is 2.11 bits per heavy atom. The second-order valence-corrected chi connectivity index (χ2v) is 4.44. The van der Waals surface area contributed by atoms with Crippen molar-refractivity contribution in [3.63, 3.8) is 0 Å². The molecule has 0 saturated heterocycles. The lowest BCUT2D eigenvalue weighted by atomic mass is 10.3. The van der Waals surface area contributed by atoms with E-state index in [2.05, 4.69) is 0 Å². The first-order valence-corrected chi connectivity index (χ1v) is 6.73. The molecule has 0 saturated carbocycles. The molecule has 0 atom stereocenters. The lowest BCUT2D eigenvalue weighted by molar-refractivity contribution is -0.139. The number of hydrogen-bond acceptors (Lipinski definition) is 6. The van der Waals surface area contributed by atoms with E-state index in [1.165, 1.54) is 11.8 Å². The minimum atomic E-state index is -0.271. The summed E-state index contributed by atoms with van der Waals surface area (Å²) in [5.41, 5.74) is 0. The molecule has 0 aromatic heterocycles. The van der Waals surface area contributed by atoms with Crippen molar-refractivity contribution in [2.24, 2.45) is 0 Å². The van der Waals surface area contributed by atoms with Gasteiger partial charge < -0.3 is 18.9 Å². The third-order valence-corrected chi connectivity index (χ3v) is 3.38. The summed E-state index contributed by atoms with van der Waals surface area (Å²) < 4.78 is 20.6. The molecule has 106 valence electrons. The van der Waals surface area contributed by atoms with Crippen LogP contribution in [0.5, 0.6) is 17.2 Å². The quantitative estimate of drug-likeness (QED) is 0.566. The predicted molar refractivity (Wildman–Crippen MR) is 73.5 cm³/mol. The minimum Gasteiger partial charge on any atom is -0.496 e. The fourth-order valence-corrected chi connectivity index (χ4v) is 2.36. The second kappa shape index (κ2) is 7.78. The third kappa shape index (κ3) is 4.24. The maximum Gasteiger partial charge on any atom is 0.316 e. The normalized spacial score (nSPS) is 9.89. The Hall–Kier alpha value is -1.56. The van der Waals surface area contributed by atoms with Crippen molar-refractivity contribution in [1.29, 1.82) is 0 Å². The van der Waals surface area contributed by atoms with Crippen molar-refractivity contribution >= 4 is 17.7 Å². The van der Waals surface area contributed by atoms with E-state index in [4.69, 9.17) is 18.9 Å². The Labute approximate surface area is 117 Å². The highest BCUT2D eigenvalue weighted by molar-refractivity contribution is 8.00. The van der Waals surface area contributed by atoms with Crippen LogP contribution in [0.4, 0.5) is 0 Å². The molecule has 0 radical (unpaired) electrons. The highest BCUT2D eigenvalue weighted by Gasteiger charge is 2.15. The maximum absolute atomic E-state index is 11.4. The van der Waals surface area contributed by atoms with Crippen LogP contribution in [0.15, 0.2) is 17.0 Å². The number of thioether (sulfide) groups is 1. The fourth-order valence-electron chi connectivity index (χ4n) is 1.45. The molecule has 0 aliphatic carbocycles. The van der Waals surface area contributed by atoms with Crippen LogP contribution < -0.4 is 14.2 Å². The Bertz CT molecular complexity index is 408. The van der Waals surface area contributed by atoms with Gasteiger partial charge in [0.2, 0.25) is 0 Å². The van der Waals surface area contributed by atoms with Crippen molar-refractivity contribution < 1.29 is 23.7 Å². The van der Waals surface area contributed by atoms with Crippen LogP contribution in [0, 0.1) is 0 Å². The fraction of sp³-hybridized carbons (Fsp3) is 0.462. The molecular formula is C13H18O5S. The zero-order chi connectivity index (χ0) is 14.3. The lowest BCUT2D eigenvalue weighted by Gasteiger charge is -2.14. The molecular weight excluding hydrogens is 268 g/mol. The number of hydrogen-bond donors (Lipinski definition) is 0. The molecule has 0 fully saturated rings. The van der Waals surface area contributed by atoms with E-state index >= 15 is 0 Å². The number of benzene rings is 1. The Morgan fingerprint density at radius 1 is 1.11 bits per heavy atom. The maximum atomic E-state index is 11.4. The van der Waals surface area contributed by atoms with Gasteiger partial charge in [0.1, 0.15) is 17.2 Å². The van der Waals surface area contributed by atoms with Crippen LogP contribution in [0.3, 0.4) is 0 Å². The number of ether oxygens (including phenoxy) is 4. The molecule has 19 heavy (non-hydrogen) atoms. The summed E-state index contributed by atoms with van der Waals surface area (Å²) in [6.45, 7) is 2.15. The average molecular weight is 286 g/mol. The standard InChI is InChI=1S/C13H18O5S/c1-5-18-12(14)8-19-13-10(16-3)6-9(15-2)7-11(13)17-4/h6-7H,5,8H2,1-4H3. The molecule has 0 spiro atoms. The largest absolute Gasteiger partial charge is 0.496 e. The number of methoxy groups -OCH3 is 3. The van der Waals surface area contributed by atoms with Crippen molar-refractivity contribution in [2.75, 3.05) is 33.7 Å². The monoisotopic (exact) mass is 286 g/mol. The van der Waals surface area contributed by atoms with Crippen LogP contribution in [-0.4, -0.2) is 39.7 Å². The number of rotatable bonds is 7. The van der Waals surface area contributed by atoms with Gasteiger partial charge in [-0.1, -0.05) is 0 Å². The van der Waals surface area contributed by atoms with E-state index in [0.29, 0.717) is 23.9 Å². The van der Waals surface area contributed by atoms with Gasteiger partial charge in [-0.3, -0.25) is 4.79 Å². The van der Waals surface area contributed by atoms with Gasteiger partial charge in [0, 0.05) is 12.1 Å². The van der Waals surface area contributed by atoms with Crippen LogP contribution in [0.2, 0.25) is 0 Å². The smallest absolute Gasteiger partial charge is 0.316 e. The third-order valence-electron chi connectivity index (χ3n) is 2.31. The molecule has 0 heterocycles. The molecule has 0 aliphatic heterocycles. The first kappa shape index (κ1) is 15.5. The predicted octanol–water partition coefficient (Wildman–Crippen LogP) is 2.37. The van der Waals surface area contributed by atoms with Crippen LogP contribution in [0.1, 0.15) is 6.92 Å². The Balaban J connectivity index is 2.94. The summed E-state index contributed by atoms with van der Waals surface area (Å²) in [5, 5.41) is 0. The lowest BCUT2D eigenvalue weighted by Crippen LogP contribution is -2.07. The van der Waals surface area contributed by atoms with Gasteiger partial charge in [-0.15, -0.1) is 11.8 Å². The van der Waals surface area contributed by atoms with E-state index < -0.39 is 0 Å². The number of carbonyl (C=O) groups is 1. The summed E-state index contributed by atoms with van der Waals surface area (Å²) in [6.07, 6.45) is 0. The van der Waals surface area contributed by atoms with Gasteiger partial charge in [-0.25, -0.2) is 0 Å². The molecule has 0 N–H and O–H groups in total. The Morgan fingerprint density at radius 2 is 1.68 bits per heavy atom.